The van der Waals surface area contributed by atoms with Gasteiger partial charge < -0.3 is 10.2 Å². The molecule has 0 radical (unpaired) electrons. The number of halogens is 2. The van der Waals surface area contributed by atoms with Crippen molar-refractivity contribution < 1.29 is 4.79 Å². The smallest absolute Gasteiger partial charge is 0.253 e. The van der Waals surface area contributed by atoms with E-state index in [0.29, 0.717) is 16.0 Å². The summed E-state index contributed by atoms with van der Waals surface area (Å²) in [7, 11) is 0. The predicted octanol–water partition coefficient (Wildman–Crippen LogP) is 6.84. The second-order valence-corrected chi connectivity index (χ2v) is 9.49. The van der Waals surface area contributed by atoms with Crippen molar-refractivity contribution >= 4 is 34.8 Å². The van der Waals surface area contributed by atoms with Crippen LogP contribution in [0.3, 0.4) is 0 Å². The SMILES string of the molecule is O=C(c1ccc2c(c1)[C@H]1C=CC[C@@H]1[C@H](c1ccc(Cl)cc1Cl)N2)N1CCCCCC1. The fourth-order valence-corrected chi connectivity index (χ4v) is 5.77. The zero-order chi connectivity index (χ0) is 20.7. The number of likely N-dealkylation sites (tertiary alicyclic amines) is 1. The van der Waals surface area contributed by atoms with E-state index in [4.69, 9.17) is 23.2 Å². The maximum absolute atomic E-state index is 13.2. The Hall–Kier alpha value is -1.97. The van der Waals surface area contributed by atoms with Gasteiger partial charge in [0.05, 0.1) is 6.04 Å². The first-order chi connectivity index (χ1) is 14.6. The molecule has 0 spiro atoms. The highest BCUT2D eigenvalue weighted by atomic mass is 35.5. The highest BCUT2D eigenvalue weighted by molar-refractivity contribution is 6.35. The Morgan fingerprint density at radius 1 is 0.967 bits per heavy atom. The summed E-state index contributed by atoms with van der Waals surface area (Å²) in [6, 6.07) is 12.0. The van der Waals surface area contributed by atoms with Crippen molar-refractivity contribution in [1.82, 2.24) is 4.90 Å². The largest absolute Gasteiger partial charge is 0.378 e. The molecule has 1 fully saturated rings. The normalized spacial score (nSPS) is 25.3. The number of nitrogens with one attached hydrogen (secondary N) is 1. The lowest BCUT2D eigenvalue weighted by atomic mass is 9.76. The fraction of sp³-hybridized carbons (Fsp3) is 0.400. The van der Waals surface area contributed by atoms with Crippen molar-refractivity contribution in [3.8, 4) is 0 Å². The average Bonchev–Trinajstić information content (AvgIpc) is 3.08. The number of nitrogens with zero attached hydrogens (tertiary/aromatic N) is 1. The number of rotatable bonds is 2. The Morgan fingerprint density at radius 2 is 1.77 bits per heavy atom. The van der Waals surface area contributed by atoms with E-state index in [2.05, 4.69) is 29.6 Å². The number of carbonyl (C=O) groups excluding carboxylic acids is 1. The minimum absolute atomic E-state index is 0.120. The molecule has 5 rings (SSSR count). The molecule has 1 aliphatic carbocycles. The fourth-order valence-electron chi connectivity index (χ4n) is 5.25. The lowest BCUT2D eigenvalue weighted by Gasteiger charge is -2.38. The van der Waals surface area contributed by atoms with Gasteiger partial charge in [0.1, 0.15) is 0 Å². The van der Waals surface area contributed by atoms with Crippen LogP contribution < -0.4 is 5.32 Å². The second-order valence-electron chi connectivity index (χ2n) is 8.65. The zero-order valence-corrected chi connectivity index (χ0v) is 18.4. The average molecular weight is 441 g/mol. The molecule has 0 saturated carbocycles. The van der Waals surface area contributed by atoms with Gasteiger partial charge in [-0.25, -0.2) is 0 Å². The minimum atomic E-state index is 0.120. The Balaban J connectivity index is 1.47. The zero-order valence-electron chi connectivity index (χ0n) is 16.9. The summed E-state index contributed by atoms with van der Waals surface area (Å²) in [5.41, 5.74) is 4.19. The molecular weight excluding hydrogens is 415 g/mol. The standard InChI is InChI=1S/C25H26Cl2N2O/c26-17-9-10-20(22(27)15-17)24-19-7-5-6-18(19)21-14-16(8-11-23(21)28-24)25(30)29-12-3-1-2-4-13-29/h5-6,8-11,14-15,18-19,24,28H,1-4,7,12-13H2/t18-,19-,24+/m0/s1. The van der Waals surface area contributed by atoms with Crippen molar-refractivity contribution in [1.29, 1.82) is 0 Å². The van der Waals surface area contributed by atoms with Crippen LogP contribution in [0.2, 0.25) is 10.0 Å². The van der Waals surface area contributed by atoms with E-state index in [1.165, 1.54) is 18.4 Å². The summed E-state index contributed by atoms with van der Waals surface area (Å²) in [6.45, 7) is 1.74. The Morgan fingerprint density at radius 3 is 2.53 bits per heavy atom. The summed E-state index contributed by atoms with van der Waals surface area (Å²) in [4.78, 5) is 15.2. The molecule has 156 valence electrons. The van der Waals surface area contributed by atoms with Crippen molar-refractivity contribution in [2.45, 2.75) is 44.1 Å². The number of hydrogen-bond acceptors (Lipinski definition) is 2. The van der Waals surface area contributed by atoms with E-state index in [-0.39, 0.29) is 17.9 Å². The van der Waals surface area contributed by atoms with Gasteiger partial charge in [0, 0.05) is 40.3 Å². The molecule has 3 aliphatic rings. The van der Waals surface area contributed by atoms with Crippen LogP contribution in [0.4, 0.5) is 5.69 Å². The molecule has 0 aromatic heterocycles. The van der Waals surface area contributed by atoms with E-state index < -0.39 is 0 Å². The van der Waals surface area contributed by atoms with Gasteiger partial charge in [-0.3, -0.25) is 4.79 Å². The van der Waals surface area contributed by atoms with Crippen LogP contribution in [0.5, 0.6) is 0 Å². The first kappa shape index (κ1) is 20.0. The van der Waals surface area contributed by atoms with Crippen LogP contribution in [-0.2, 0) is 0 Å². The van der Waals surface area contributed by atoms with Crippen LogP contribution >= 0.6 is 23.2 Å². The van der Waals surface area contributed by atoms with E-state index in [1.54, 1.807) is 0 Å². The number of fused-ring (bicyclic) bond motifs is 3. The van der Waals surface area contributed by atoms with E-state index in [1.807, 2.05) is 29.2 Å². The number of carbonyl (C=O) groups is 1. The van der Waals surface area contributed by atoms with Crippen LogP contribution in [0, 0.1) is 5.92 Å². The highest BCUT2D eigenvalue weighted by Crippen LogP contribution is 2.51. The molecule has 5 heteroatoms. The number of allylic oxidation sites excluding steroid dienone is 2. The highest BCUT2D eigenvalue weighted by Gasteiger charge is 2.39. The summed E-state index contributed by atoms with van der Waals surface area (Å²) in [5.74, 6) is 0.829. The Labute approximate surface area is 188 Å². The van der Waals surface area contributed by atoms with Gasteiger partial charge >= 0.3 is 0 Å². The molecular formula is C25H26Cl2N2O. The first-order valence-corrected chi connectivity index (χ1v) is 11.7. The van der Waals surface area contributed by atoms with Gasteiger partial charge in [0.15, 0.2) is 0 Å². The van der Waals surface area contributed by atoms with Crippen molar-refractivity contribution in [2.75, 3.05) is 18.4 Å². The van der Waals surface area contributed by atoms with Gasteiger partial charge in [-0.2, -0.15) is 0 Å². The van der Waals surface area contributed by atoms with Gasteiger partial charge in [-0.15, -0.1) is 0 Å². The molecule has 2 heterocycles. The van der Waals surface area contributed by atoms with E-state index in [0.717, 1.165) is 49.2 Å². The molecule has 2 aliphatic heterocycles. The molecule has 2 aromatic rings. The quantitative estimate of drug-likeness (QED) is 0.518. The van der Waals surface area contributed by atoms with Crippen LogP contribution in [-0.4, -0.2) is 23.9 Å². The molecule has 30 heavy (non-hydrogen) atoms. The van der Waals surface area contributed by atoms with Gasteiger partial charge in [0.25, 0.3) is 5.91 Å². The summed E-state index contributed by atoms with van der Waals surface area (Å²) in [5, 5.41) is 5.06. The van der Waals surface area contributed by atoms with Crippen LogP contribution in [0.25, 0.3) is 0 Å². The molecule has 0 unspecified atom stereocenters. The topological polar surface area (TPSA) is 32.3 Å². The van der Waals surface area contributed by atoms with Crippen molar-refractivity contribution in [3.63, 3.8) is 0 Å². The summed E-state index contributed by atoms with van der Waals surface area (Å²) in [6.07, 6.45) is 10.2. The second kappa shape index (κ2) is 8.28. The minimum Gasteiger partial charge on any atom is -0.378 e. The monoisotopic (exact) mass is 440 g/mol. The first-order valence-electron chi connectivity index (χ1n) is 10.9. The molecule has 2 aromatic carbocycles. The number of amides is 1. The van der Waals surface area contributed by atoms with Gasteiger partial charge in [-0.05, 0) is 66.6 Å². The molecule has 3 nitrogen and oxygen atoms in total. The third kappa shape index (κ3) is 3.63. The number of anilines is 1. The molecule has 1 N–H and O–H groups in total. The third-order valence-electron chi connectivity index (χ3n) is 6.80. The van der Waals surface area contributed by atoms with Gasteiger partial charge in [0.2, 0.25) is 0 Å². The maximum Gasteiger partial charge on any atom is 0.253 e. The van der Waals surface area contributed by atoms with Crippen LogP contribution in [0.15, 0.2) is 48.6 Å². The van der Waals surface area contributed by atoms with Crippen molar-refractivity contribution in [3.05, 3.63) is 75.3 Å². The van der Waals surface area contributed by atoms with Crippen LogP contribution in [0.1, 0.15) is 65.5 Å². The molecule has 1 amide bonds. The van der Waals surface area contributed by atoms with E-state index in [9.17, 15) is 4.79 Å². The Bertz CT molecular complexity index is 995. The third-order valence-corrected chi connectivity index (χ3v) is 7.36. The van der Waals surface area contributed by atoms with Gasteiger partial charge in [-0.1, -0.05) is 54.3 Å². The maximum atomic E-state index is 13.2. The lowest BCUT2D eigenvalue weighted by molar-refractivity contribution is 0.0761. The Kier molecular flexibility index (Phi) is 5.51. The molecule has 1 saturated heterocycles. The molecule has 0 bridgehead atoms. The summed E-state index contributed by atoms with van der Waals surface area (Å²) >= 11 is 12.7. The predicted molar refractivity (Wildman–Crippen MR) is 124 cm³/mol. The number of benzene rings is 2. The van der Waals surface area contributed by atoms with E-state index >= 15 is 0 Å². The summed E-state index contributed by atoms with van der Waals surface area (Å²) < 4.78 is 0. The number of hydrogen-bond donors (Lipinski definition) is 1. The molecule has 3 atom stereocenters. The lowest BCUT2D eigenvalue weighted by Crippen LogP contribution is -2.33. The van der Waals surface area contributed by atoms with Crippen molar-refractivity contribution in [2.24, 2.45) is 5.92 Å².